The lowest BCUT2D eigenvalue weighted by Crippen LogP contribution is -2.43. The number of pyridine rings is 1. The zero-order chi connectivity index (χ0) is 31.4. The van der Waals surface area contributed by atoms with Crippen LogP contribution in [0.4, 0.5) is 5.82 Å². The lowest BCUT2D eigenvalue weighted by atomic mass is 9.85. The van der Waals surface area contributed by atoms with Crippen LogP contribution in [-0.2, 0) is 16.6 Å². The van der Waals surface area contributed by atoms with E-state index in [0.717, 1.165) is 63.5 Å². The van der Waals surface area contributed by atoms with Crippen molar-refractivity contribution in [2.75, 3.05) is 44.2 Å². The minimum absolute atomic E-state index is 0.100. The zero-order valence-corrected chi connectivity index (χ0v) is 26.6. The zero-order valence-electron chi connectivity index (χ0n) is 25.8. The van der Waals surface area contributed by atoms with Crippen LogP contribution in [0.1, 0.15) is 29.8 Å². The van der Waals surface area contributed by atoms with Gasteiger partial charge in [0, 0.05) is 45.0 Å². The predicted molar refractivity (Wildman–Crippen MR) is 176 cm³/mol. The van der Waals surface area contributed by atoms with Crippen molar-refractivity contribution < 1.29 is 9.59 Å². The van der Waals surface area contributed by atoms with E-state index in [2.05, 4.69) is 48.4 Å². The van der Waals surface area contributed by atoms with Crippen LogP contribution in [0.3, 0.4) is 0 Å². The van der Waals surface area contributed by atoms with E-state index < -0.39 is 5.41 Å². The first-order chi connectivity index (χ1) is 22.3. The molecule has 4 aromatic heterocycles. The Hall–Kier alpha value is -4.75. The number of anilines is 1. The van der Waals surface area contributed by atoms with Crippen molar-refractivity contribution in [3.05, 3.63) is 65.6 Å². The van der Waals surface area contributed by atoms with E-state index in [1.807, 2.05) is 54.2 Å². The number of H-pyrrole nitrogens is 1. The monoisotopic (exact) mass is 634 g/mol. The molecule has 234 valence electrons. The fourth-order valence-electron chi connectivity index (χ4n) is 6.95. The maximum Gasteiger partial charge on any atom is 0.237 e. The van der Waals surface area contributed by atoms with Gasteiger partial charge in [-0.05, 0) is 56.0 Å². The molecular weight excluding hydrogens is 600 g/mol. The fourth-order valence-corrected chi connectivity index (χ4v) is 7.71. The Morgan fingerprint density at radius 2 is 1.87 bits per heavy atom. The second-order valence-corrected chi connectivity index (χ2v) is 13.7. The second-order valence-electron chi connectivity index (χ2n) is 12.5. The minimum atomic E-state index is -0.475. The first-order valence-corrected chi connectivity index (χ1v) is 16.4. The molecule has 5 aromatic rings. The summed E-state index contributed by atoms with van der Waals surface area (Å²) in [7, 11) is 1.86. The van der Waals surface area contributed by atoms with E-state index in [4.69, 9.17) is 4.98 Å². The van der Waals surface area contributed by atoms with Gasteiger partial charge in [-0.25, -0.2) is 15.0 Å². The third-order valence-electron chi connectivity index (χ3n) is 9.50. The van der Waals surface area contributed by atoms with Crippen LogP contribution < -0.4 is 4.90 Å². The van der Waals surface area contributed by atoms with Gasteiger partial charge in [-0.3, -0.25) is 29.2 Å². The van der Waals surface area contributed by atoms with Crippen molar-refractivity contribution in [1.29, 1.82) is 0 Å². The number of benzene rings is 1. The maximum atomic E-state index is 13.9. The summed E-state index contributed by atoms with van der Waals surface area (Å²) in [4.78, 5) is 47.6. The van der Waals surface area contributed by atoms with Crippen molar-refractivity contribution >= 4 is 45.6 Å². The molecule has 8 rings (SSSR count). The molecule has 0 bridgehead atoms. The lowest BCUT2D eigenvalue weighted by Gasteiger charge is -2.29. The first kappa shape index (κ1) is 28.7. The van der Waals surface area contributed by atoms with Crippen LogP contribution >= 0.6 is 11.3 Å². The standard InChI is InChI=1S/C33H34N10O2S/c1-21-34-17-26(46-21)30-29-25(37-38-30)7-8-27(36-29)43-16-12-33(32(43)45)11-15-41(19-33)18-28(44)42-13-9-23(10-14-42)22-3-5-24(6-4-22)31-35-20-40(2)39-31/h3-9,17,20H,10-16,18-19H2,1-2H3,(H,37,38)/t33-/m0/s1. The highest BCUT2D eigenvalue weighted by Crippen LogP contribution is 2.42. The molecule has 1 spiro atoms. The number of nitrogens with zero attached hydrogens (tertiary/aromatic N) is 9. The number of likely N-dealkylation sites (tertiary alicyclic amines) is 1. The van der Waals surface area contributed by atoms with Gasteiger partial charge in [0.25, 0.3) is 0 Å². The molecule has 0 radical (unpaired) electrons. The van der Waals surface area contributed by atoms with Crippen LogP contribution in [-0.4, -0.2) is 95.8 Å². The van der Waals surface area contributed by atoms with Crippen molar-refractivity contribution in [2.45, 2.75) is 26.2 Å². The molecule has 12 nitrogen and oxygen atoms in total. The molecule has 3 aliphatic heterocycles. The summed E-state index contributed by atoms with van der Waals surface area (Å²) in [6.07, 6.45) is 7.99. The van der Waals surface area contributed by atoms with Gasteiger partial charge in [0.1, 0.15) is 23.4 Å². The highest BCUT2D eigenvalue weighted by Gasteiger charge is 2.51. The maximum absolute atomic E-state index is 13.9. The molecular formula is C33H34N10O2S. The van der Waals surface area contributed by atoms with Gasteiger partial charge in [-0.1, -0.05) is 30.3 Å². The first-order valence-electron chi connectivity index (χ1n) is 15.6. The quantitative estimate of drug-likeness (QED) is 0.298. The molecule has 7 heterocycles. The molecule has 3 aliphatic rings. The van der Waals surface area contributed by atoms with Crippen LogP contribution in [0.2, 0.25) is 0 Å². The van der Waals surface area contributed by atoms with Gasteiger partial charge in [0.2, 0.25) is 11.8 Å². The minimum Gasteiger partial charge on any atom is -0.338 e. The number of aromatic nitrogens is 7. The molecule has 1 N–H and O–H groups in total. The van der Waals surface area contributed by atoms with Crippen molar-refractivity contribution in [2.24, 2.45) is 12.5 Å². The summed E-state index contributed by atoms with van der Waals surface area (Å²) in [5, 5.41) is 12.9. The summed E-state index contributed by atoms with van der Waals surface area (Å²) in [6, 6.07) is 12.1. The number of carbonyl (C=O) groups is 2. The number of nitrogens with one attached hydrogen (secondary N) is 1. The highest BCUT2D eigenvalue weighted by molar-refractivity contribution is 7.15. The SMILES string of the molecule is Cc1ncc(-c2n[nH]c3ccc(N4CC[C@]5(CCN(CC(=O)N6CC=C(c7ccc(-c8ncn(C)n8)cc7)CC6)C5)C4=O)nc23)s1. The number of amides is 2. The summed E-state index contributed by atoms with van der Waals surface area (Å²) < 4.78 is 1.70. The molecule has 0 unspecified atom stereocenters. The number of aromatic amines is 1. The Bertz CT molecular complexity index is 1990. The summed E-state index contributed by atoms with van der Waals surface area (Å²) >= 11 is 1.57. The third kappa shape index (κ3) is 5.09. The molecule has 13 heteroatoms. The number of thiazole rings is 1. The number of fused-ring (bicyclic) bond motifs is 1. The number of hydrogen-bond donors (Lipinski definition) is 1. The van der Waals surface area contributed by atoms with Crippen LogP contribution in [0.15, 0.2) is 55.0 Å². The smallest absolute Gasteiger partial charge is 0.237 e. The average molecular weight is 635 g/mol. The third-order valence-corrected chi connectivity index (χ3v) is 10.4. The molecule has 2 fully saturated rings. The predicted octanol–water partition coefficient (Wildman–Crippen LogP) is 3.93. The number of carbonyl (C=O) groups excluding carboxylic acids is 2. The molecule has 46 heavy (non-hydrogen) atoms. The van der Waals surface area contributed by atoms with E-state index in [1.165, 1.54) is 5.57 Å². The van der Waals surface area contributed by atoms with E-state index in [-0.39, 0.29) is 11.8 Å². The molecule has 2 saturated heterocycles. The average Bonchev–Trinajstić information content (AvgIpc) is 3.91. The van der Waals surface area contributed by atoms with E-state index >= 15 is 0 Å². The van der Waals surface area contributed by atoms with Crippen molar-refractivity contribution in [3.63, 3.8) is 0 Å². The Balaban J connectivity index is 0.893. The number of rotatable bonds is 6. The fraction of sp³-hybridized carbons (Fsp3) is 0.364. The normalized spacial score (nSPS) is 20.4. The van der Waals surface area contributed by atoms with Crippen molar-refractivity contribution in [1.82, 2.24) is 44.7 Å². The molecule has 1 atom stereocenters. The Morgan fingerprint density at radius 1 is 1.04 bits per heavy atom. The summed E-state index contributed by atoms with van der Waals surface area (Å²) in [5.41, 5.74) is 5.24. The molecule has 2 amide bonds. The van der Waals surface area contributed by atoms with Gasteiger partial charge < -0.3 is 4.90 Å². The molecule has 1 aromatic carbocycles. The van der Waals surface area contributed by atoms with Gasteiger partial charge in [-0.2, -0.15) is 10.2 Å². The lowest BCUT2D eigenvalue weighted by molar-refractivity contribution is -0.132. The van der Waals surface area contributed by atoms with Crippen LogP contribution in [0.25, 0.3) is 38.6 Å². The number of hydrogen-bond acceptors (Lipinski definition) is 9. The summed E-state index contributed by atoms with van der Waals surface area (Å²) in [6.45, 7) is 5.53. The Morgan fingerprint density at radius 3 is 2.61 bits per heavy atom. The van der Waals surface area contributed by atoms with Gasteiger partial charge in [0.05, 0.1) is 27.4 Å². The highest BCUT2D eigenvalue weighted by atomic mass is 32.1. The number of aryl methyl sites for hydroxylation is 2. The Kier molecular flexibility index (Phi) is 7.02. The van der Waals surface area contributed by atoms with Crippen LogP contribution in [0, 0.1) is 12.3 Å². The van der Waals surface area contributed by atoms with Gasteiger partial charge in [-0.15, -0.1) is 11.3 Å². The molecule has 0 saturated carbocycles. The van der Waals surface area contributed by atoms with E-state index in [1.54, 1.807) is 22.3 Å². The van der Waals surface area contributed by atoms with Crippen molar-refractivity contribution in [3.8, 4) is 22.0 Å². The Labute approximate surface area is 269 Å². The summed E-state index contributed by atoms with van der Waals surface area (Å²) in [5.74, 6) is 1.57. The van der Waals surface area contributed by atoms with Gasteiger partial charge in [0.15, 0.2) is 5.82 Å². The molecule has 0 aliphatic carbocycles. The van der Waals surface area contributed by atoms with E-state index in [0.29, 0.717) is 44.4 Å². The largest absolute Gasteiger partial charge is 0.338 e. The topological polar surface area (TPSA) is 129 Å². The second kappa shape index (κ2) is 11.2. The van der Waals surface area contributed by atoms with Gasteiger partial charge >= 0.3 is 0 Å². The van der Waals surface area contributed by atoms with E-state index in [9.17, 15) is 9.59 Å². The van der Waals surface area contributed by atoms with Crippen LogP contribution in [0.5, 0.6) is 0 Å².